The quantitative estimate of drug-likeness (QED) is 0.622. The molecule has 0 aliphatic heterocycles. The van der Waals surface area contributed by atoms with Crippen LogP contribution >= 0.6 is 11.6 Å². The minimum atomic E-state index is -0.577. The molecular weight excluding hydrogens is 388 g/mol. The third-order valence-electron chi connectivity index (χ3n) is 4.76. The van der Waals surface area contributed by atoms with Crippen molar-refractivity contribution in [3.63, 3.8) is 0 Å². The Labute approximate surface area is 178 Å². The lowest BCUT2D eigenvalue weighted by atomic mass is 10.1. The molecule has 0 radical (unpaired) electrons. The molecule has 2 amide bonds. The molecule has 29 heavy (non-hydrogen) atoms. The van der Waals surface area contributed by atoms with Crippen LogP contribution in [0.3, 0.4) is 0 Å². The van der Waals surface area contributed by atoms with E-state index in [2.05, 4.69) is 5.32 Å². The van der Waals surface area contributed by atoms with Crippen LogP contribution < -0.4 is 10.1 Å². The van der Waals surface area contributed by atoms with Crippen molar-refractivity contribution >= 4 is 23.4 Å². The number of amides is 2. The van der Waals surface area contributed by atoms with Crippen molar-refractivity contribution in [1.82, 2.24) is 10.2 Å². The monoisotopic (exact) mass is 416 g/mol. The van der Waals surface area contributed by atoms with Crippen molar-refractivity contribution < 1.29 is 14.3 Å². The Morgan fingerprint density at radius 2 is 1.69 bits per heavy atom. The molecule has 2 rings (SSSR count). The van der Waals surface area contributed by atoms with Crippen LogP contribution in [-0.4, -0.2) is 35.4 Å². The molecule has 0 aliphatic rings. The second-order valence-electron chi connectivity index (χ2n) is 6.99. The predicted octanol–water partition coefficient (Wildman–Crippen LogP) is 4.44. The summed E-state index contributed by atoms with van der Waals surface area (Å²) in [5.41, 5.74) is 0.900. The zero-order valence-electron chi connectivity index (χ0n) is 17.2. The normalized spacial score (nSPS) is 12.7. The third-order valence-corrected chi connectivity index (χ3v) is 5.01. The van der Waals surface area contributed by atoms with E-state index in [4.69, 9.17) is 16.3 Å². The molecule has 0 saturated carbocycles. The molecule has 2 aromatic rings. The highest BCUT2D eigenvalue weighted by Gasteiger charge is 2.29. The first-order valence-corrected chi connectivity index (χ1v) is 10.3. The van der Waals surface area contributed by atoms with E-state index in [0.29, 0.717) is 23.7 Å². The average molecular weight is 417 g/mol. The third kappa shape index (κ3) is 7.09. The molecule has 0 saturated heterocycles. The van der Waals surface area contributed by atoms with E-state index < -0.39 is 6.04 Å². The van der Waals surface area contributed by atoms with Gasteiger partial charge in [-0.05, 0) is 49.6 Å². The standard InChI is InChI=1S/C23H29ClN2O3/c1-4-17(3)25-23(28)21(5-2)26(15-18-11-13-19(24)14-12-18)22(27)16-29-20-9-7-6-8-10-20/h6-14,17,21H,4-5,15-16H2,1-3H3,(H,25,28)/t17-,21+/m0/s1. The molecule has 0 bridgehead atoms. The first-order valence-electron chi connectivity index (χ1n) is 9.96. The van der Waals surface area contributed by atoms with Gasteiger partial charge in [-0.15, -0.1) is 0 Å². The van der Waals surface area contributed by atoms with Gasteiger partial charge in [0.1, 0.15) is 11.8 Å². The Morgan fingerprint density at radius 3 is 2.28 bits per heavy atom. The van der Waals surface area contributed by atoms with Crippen molar-refractivity contribution in [1.29, 1.82) is 0 Å². The Hall–Kier alpha value is -2.53. The Kier molecular flexibility index (Phi) is 9.00. The number of carbonyl (C=O) groups excluding carboxylic acids is 2. The van der Waals surface area contributed by atoms with Crippen LogP contribution in [0.1, 0.15) is 39.2 Å². The highest BCUT2D eigenvalue weighted by Crippen LogP contribution is 2.16. The summed E-state index contributed by atoms with van der Waals surface area (Å²) in [7, 11) is 0. The number of para-hydroxylation sites is 1. The van der Waals surface area contributed by atoms with Crippen LogP contribution in [-0.2, 0) is 16.1 Å². The highest BCUT2D eigenvalue weighted by molar-refractivity contribution is 6.30. The zero-order valence-corrected chi connectivity index (χ0v) is 18.0. The van der Waals surface area contributed by atoms with E-state index in [1.165, 1.54) is 0 Å². The lowest BCUT2D eigenvalue weighted by molar-refractivity contribution is -0.143. The summed E-state index contributed by atoms with van der Waals surface area (Å²) in [6, 6.07) is 15.9. The van der Waals surface area contributed by atoms with Gasteiger partial charge in [-0.2, -0.15) is 0 Å². The summed E-state index contributed by atoms with van der Waals surface area (Å²) in [5.74, 6) is 0.225. The summed E-state index contributed by atoms with van der Waals surface area (Å²) in [6.07, 6.45) is 1.33. The zero-order chi connectivity index (χ0) is 21.2. The first-order chi connectivity index (χ1) is 13.9. The number of rotatable bonds is 10. The summed E-state index contributed by atoms with van der Waals surface area (Å²) in [5, 5.41) is 3.62. The summed E-state index contributed by atoms with van der Waals surface area (Å²) in [4.78, 5) is 27.5. The highest BCUT2D eigenvalue weighted by atomic mass is 35.5. The molecular formula is C23H29ClN2O3. The lowest BCUT2D eigenvalue weighted by Gasteiger charge is -2.31. The van der Waals surface area contributed by atoms with Gasteiger partial charge in [0.2, 0.25) is 5.91 Å². The fourth-order valence-corrected chi connectivity index (χ4v) is 3.02. The fourth-order valence-electron chi connectivity index (χ4n) is 2.89. The van der Waals surface area contributed by atoms with Crippen molar-refractivity contribution in [2.45, 2.75) is 52.2 Å². The van der Waals surface area contributed by atoms with Gasteiger partial charge in [-0.3, -0.25) is 9.59 Å². The van der Waals surface area contributed by atoms with Crippen molar-refractivity contribution in [2.75, 3.05) is 6.61 Å². The van der Waals surface area contributed by atoms with Crippen LogP contribution in [0.2, 0.25) is 5.02 Å². The van der Waals surface area contributed by atoms with E-state index in [9.17, 15) is 9.59 Å². The first kappa shape index (κ1) is 22.8. The van der Waals surface area contributed by atoms with Crippen LogP contribution in [0, 0.1) is 0 Å². The maximum atomic E-state index is 13.0. The van der Waals surface area contributed by atoms with Gasteiger partial charge in [0.25, 0.3) is 5.91 Å². The van der Waals surface area contributed by atoms with Crippen LogP contribution in [0.5, 0.6) is 5.75 Å². The van der Waals surface area contributed by atoms with Gasteiger partial charge in [0.15, 0.2) is 6.61 Å². The molecule has 0 aliphatic carbocycles. The van der Waals surface area contributed by atoms with Gasteiger partial charge in [-0.25, -0.2) is 0 Å². The van der Waals surface area contributed by atoms with Gasteiger partial charge in [0.05, 0.1) is 0 Å². The van der Waals surface area contributed by atoms with Crippen LogP contribution in [0.4, 0.5) is 0 Å². The Balaban J connectivity index is 2.19. The fraction of sp³-hybridized carbons (Fsp3) is 0.391. The number of nitrogens with one attached hydrogen (secondary N) is 1. The number of carbonyl (C=O) groups is 2. The van der Waals surface area contributed by atoms with Gasteiger partial charge < -0.3 is 15.0 Å². The van der Waals surface area contributed by atoms with E-state index >= 15 is 0 Å². The number of nitrogens with zero attached hydrogens (tertiary/aromatic N) is 1. The summed E-state index contributed by atoms with van der Waals surface area (Å²) < 4.78 is 5.64. The number of hydrogen-bond acceptors (Lipinski definition) is 3. The molecule has 0 unspecified atom stereocenters. The van der Waals surface area contributed by atoms with E-state index in [1.54, 1.807) is 29.2 Å². The topological polar surface area (TPSA) is 58.6 Å². The second-order valence-corrected chi connectivity index (χ2v) is 7.43. The van der Waals surface area contributed by atoms with Crippen molar-refractivity contribution in [3.05, 3.63) is 65.2 Å². The van der Waals surface area contributed by atoms with Gasteiger partial charge in [-0.1, -0.05) is 55.8 Å². The predicted molar refractivity (Wildman–Crippen MR) is 116 cm³/mol. The van der Waals surface area contributed by atoms with Gasteiger partial charge in [0, 0.05) is 17.6 Å². The molecule has 2 atom stereocenters. The van der Waals surface area contributed by atoms with E-state index in [-0.39, 0.29) is 24.5 Å². The Bertz CT molecular complexity index is 780. The molecule has 0 heterocycles. The summed E-state index contributed by atoms with van der Waals surface area (Å²) >= 11 is 5.98. The number of ether oxygens (including phenoxy) is 1. The van der Waals surface area contributed by atoms with E-state index in [1.807, 2.05) is 51.1 Å². The number of benzene rings is 2. The van der Waals surface area contributed by atoms with Crippen molar-refractivity contribution in [3.8, 4) is 5.75 Å². The SMILES string of the molecule is CC[C@H](C(=O)N[C@@H](C)CC)N(Cc1ccc(Cl)cc1)C(=O)COc1ccccc1. The molecule has 1 N–H and O–H groups in total. The maximum absolute atomic E-state index is 13.0. The molecule has 6 heteroatoms. The smallest absolute Gasteiger partial charge is 0.261 e. The lowest BCUT2D eigenvalue weighted by Crippen LogP contribution is -2.51. The van der Waals surface area contributed by atoms with E-state index in [0.717, 1.165) is 12.0 Å². The number of halogens is 1. The summed E-state index contributed by atoms with van der Waals surface area (Å²) in [6.45, 7) is 6.04. The molecule has 5 nitrogen and oxygen atoms in total. The average Bonchev–Trinajstić information content (AvgIpc) is 2.73. The molecule has 156 valence electrons. The minimum absolute atomic E-state index is 0.0459. The molecule has 0 aromatic heterocycles. The largest absolute Gasteiger partial charge is 0.484 e. The minimum Gasteiger partial charge on any atom is -0.484 e. The molecule has 0 spiro atoms. The molecule has 0 fully saturated rings. The van der Waals surface area contributed by atoms with Crippen LogP contribution in [0.25, 0.3) is 0 Å². The molecule has 2 aromatic carbocycles. The second kappa shape index (κ2) is 11.5. The Morgan fingerprint density at radius 1 is 1.03 bits per heavy atom. The maximum Gasteiger partial charge on any atom is 0.261 e. The number of hydrogen-bond donors (Lipinski definition) is 1. The van der Waals surface area contributed by atoms with Gasteiger partial charge >= 0.3 is 0 Å². The van der Waals surface area contributed by atoms with Crippen LogP contribution in [0.15, 0.2) is 54.6 Å². The van der Waals surface area contributed by atoms with Crippen molar-refractivity contribution in [2.24, 2.45) is 0 Å².